The smallest absolute Gasteiger partial charge is 0.473 e. The van der Waals surface area contributed by atoms with E-state index in [4.69, 9.17) is 10.5 Å². The van der Waals surface area contributed by atoms with Gasteiger partial charge in [0, 0.05) is 29.9 Å². The first-order valence-electron chi connectivity index (χ1n) is 8.16. The molecular formula is C20H17F3N2O2. The maximum atomic E-state index is 12.6. The Morgan fingerprint density at radius 2 is 1.67 bits per heavy atom. The summed E-state index contributed by atoms with van der Waals surface area (Å²) in [4.78, 5) is 4.21. The molecule has 0 radical (unpaired) electrons. The van der Waals surface area contributed by atoms with E-state index in [1.165, 1.54) is 18.3 Å². The van der Waals surface area contributed by atoms with Crippen molar-refractivity contribution < 1.29 is 22.6 Å². The van der Waals surface area contributed by atoms with Crippen LogP contribution >= 0.6 is 0 Å². The lowest BCUT2D eigenvalue weighted by Gasteiger charge is -2.14. The highest BCUT2D eigenvalue weighted by molar-refractivity contribution is 5.65. The summed E-state index contributed by atoms with van der Waals surface area (Å²) in [5.41, 5.74) is 7.93. The first-order chi connectivity index (χ1) is 12.9. The van der Waals surface area contributed by atoms with Crippen LogP contribution in [0.2, 0.25) is 0 Å². The lowest BCUT2D eigenvalue weighted by Crippen LogP contribution is -2.18. The van der Waals surface area contributed by atoms with Crippen LogP contribution in [0.1, 0.15) is 11.1 Å². The van der Waals surface area contributed by atoms with E-state index in [0.717, 1.165) is 5.56 Å². The molecule has 0 aliphatic carbocycles. The average molecular weight is 374 g/mol. The summed E-state index contributed by atoms with van der Waals surface area (Å²) < 4.78 is 47.4. The Morgan fingerprint density at radius 3 is 2.30 bits per heavy atom. The number of nitrogens with zero attached hydrogens (tertiary/aromatic N) is 1. The number of ether oxygens (including phenoxy) is 2. The van der Waals surface area contributed by atoms with E-state index in [1.807, 2.05) is 30.3 Å². The van der Waals surface area contributed by atoms with E-state index in [-0.39, 0.29) is 17.9 Å². The number of alkyl halides is 3. The number of halogens is 3. The third-order valence-corrected chi connectivity index (χ3v) is 3.81. The Kier molecular flexibility index (Phi) is 5.61. The average Bonchev–Trinajstić information content (AvgIpc) is 2.66. The van der Waals surface area contributed by atoms with Crippen molar-refractivity contribution in [3.05, 3.63) is 78.0 Å². The SMILES string of the molecule is NCc1ccc(-c2ccc(OCc3ccccc3)nc2)cc1OC(F)(F)F. The van der Waals surface area contributed by atoms with Crippen LogP contribution in [0.5, 0.6) is 11.6 Å². The topological polar surface area (TPSA) is 57.4 Å². The quantitative estimate of drug-likeness (QED) is 0.680. The van der Waals surface area contributed by atoms with Crippen LogP contribution in [0.15, 0.2) is 66.9 Å². The number of benzene rings is 2. The van der Waals surface area contributed by atoms with Crippen molar-refractivity contribution >= 4 is 0 Å². The van der Waals surface area contributed by atoms with E-state index in [9.17, 15) is 13.2 Å². The summed E-state index contributed by atoms with van der Waals surface area (Å²) in [7, 11) is 0. The number of nitrogens with two attached hydrogens (primary N) is 1. The minimum atomic E-state index is -4.78. The van der Waals surface area contributed by atoms with Crippen molar-refractivity contribution in [3.63, 3.8) is 0 Å². The van der Waals surface area contributed by atoms with Crippen LogP contribution in [-0.2, 0) is 13.2 Å². The first kappa shape index (κ1) is 18.7. The highest BCUT2D eigenvalue weighted by atomic mass is 19.4. The number of aromatic nitrogens is 1. The molecule has 2 N–H and O–H groups in total. The van der Waals surface area contributed by atoms with E-state index < -0.39 is 6.36 Å². The summed E-state index contributed by atoms with van der Waals surface area (Å²) >= 11 is 0. The summed E-state index contributed by atoms with van der Waals surface area (Å²) in [5, 5.41) is 0. The van der Waals surface area contributed by atoms with Crippen LogP contribution in [-0.4, -0.2) is 11.3 Å². The molecular weight excluding hydrogens is 357 g/mol. The van der Waals surface area contributed by atoms with Gasteiger partial charge in [-0.1, -0.05) is 42.5 Å². The molecule has 0 fully saturated rings. The molecule has 3 aromatic rings. The second kappa shape index (κ2) is 8.09. The van der Waals surface area contributed by atoms with Crippen molar-refractivity contribution in [2.75, 3.05) is 0 Å². The Morgan fingerprint density at radius 1 is 0.926 bits per heavy atom. The third-order valence-electron chi connectivity index (χ3n) is 3.81. The number of hydrogen-bond donors (Lipinski definition) is 1. The van der Waals surface area contributed by atoms with E-state index in [1.54, 1.807) is 18.2 Å². The fourth-order valence-corrected chi connectivity index (χ4v) is 2.49. The van der Waals surface area contributed by atoms with Gasteiger partial charge in [-0.05, 0) is 23.3 Å². The number of rotatable bonds is 6. The van der Waals surface area contributed by atoms with Crippen molar-refractivity contribution in [1.29, 1.82) is 0 Å². The standard InChI is InChI=1S/C20H17F3N2O2/c21-20(22,23)27-18-10-15(6-7-16(18)11-24)17-8-9-19(25-12-17)26-13-14-4-2-1-3-5-14/h1-10,12H,11,13,24H2. The molecule has 27 heavy (non-hydrogen) atoms. The molecule has 7 heteroatoms. The lowest BCUT2D eigenvalue weighted by molar-refractivity contribution is -0.274. The molecule has 2 aromatic carbocycles. The van der Waals surface area contributed by atoms with Gasteiger partial charge in [0.25, 0.3) is 0 Å². The fraction of sp³-hybridized carbons (Fsp3) is 0.150. The van der Waals surface area contributed by atoms with Crippen LogP contribution in [0.4, 0.5) is 13.2 Å². The highest BCUT2D eigenvalue weighted by Gasteiger charge is 2.32. The van der Waals surface area contributed by atoms with Gasteiger partial charge in [-0.15, -0.1) is 13.2 Å². The largest absolute Gasteiger partial charge is 0.573 e. The molecule has 0 bridgehead atoms. The van der Waals surface area contributed by atoms with Crippen LogP contribution in [0, 0.1) is 0 Å². The summed E-state index contributed by atoms with van der Waals surface area (Å²) in [5.74, 6) is 0.111. The first-order valence-corrected chi connectivity index (χ1v) is 8.16. The Hall–Kier alpha value is -3.06. The lowest BCUT2D eigenvalue weighted by atomic mass is 10.0. The Bertz CT molecular complexity index is 882. The summed E-state index contributed by atoms with van der Waals surface area (Å²) in [6.45, 7) is 0.318. The van der Waals surface area contributed by atoms with Crippen molar-refractivity contribution in [2.45, 2.75) is 19.5 Å². The van der Waals surface area contributed by atoms with Gasteiger partial charge in [0.1, 0.15) is 12.4 Å². The van der Waals surface area contributed by atoms with Gasteiger partial charge in [-0.3, -0.25) is 0 Å². The van der Waals surface area contributed by atoms with Crippen LogP contribution < -0.4 is 15.2 Å². The van der Waals surface area contributed by atoms with E-state index in [0.29, 0.717) is 23.6 Å². The molecule has 0 amide bonds. The monoisotopic (exact) mass is 374 g/mol. The minimum Gasteiger partial charge on any atom is -0.473 e. The molecule has 0 saturated heterocycles. The van der Waals surface area contributed by atoms with Gasteiger partial charge in [0.05, 0.1) is 0 Å². The predicted octanol–water partition coefficient (Wildman–Crippen LogP) is 4.68. The predicted molar refractivity (Wildman–Crippen MR) is 95.0 cm³/mol. The second-order valence-electron chi connectivity index (χ2n) is 5.73. The van der Waals surface area contributed by atoms with Crippen molar-refractivity contribution in [3.8, 4) is 22.8 Å². The summed E-state index contributed by atoms with van der Waals surface area (Å²) in [6.07, 6.45) is -3.24. The number of hydrogen-bond acceptors (Lipinski definition) is 4. The maximum Gasteiger partial charge on any atom is 0.573 e. The molecule has 140 valence electrons. The van der Waals surface area contributed by atoms with Gasteiger partial charge in [0.2, 0.25) is 5.88 Å². The molecule has 4 nitrogen and oxygen atoms in total. The van der Waals surface area contributed by atoms with Crippen molar-refractivity contribution in [2.24, 2.45) is 5.73 Å². The summed E-state index contributed by atoms with van der Waals surface area (Å²) in [6, 6.07) is 17.5. The normalized spacial score (nSPS) is 11.3. The molecule has 0 unspecified atom stereocenters. The zero-order valence-corrected chi connectivity index (χ0v) is 14.2. The molecule has 0 spiro atoms. The zero-order chi connectivity index (χ0) is 19.3. The number of pyridine rings is 1. The van der Waals surface area contributed by atoms with Crippen molar-refractivity contribution in [1.82, 2.24) is 4.98 Å². The molecule has 1 aromatic heterocycles. The van der Waals surface area contributed by atoms with Crippen LogP contribution in [0.25, 0.3) is 11.1 Å². The molecule has 0 aliphatic heterocycles. The molecule has 0 saturated carbocycles. The minimum absolute atomic E-state index is 0.0593. The highest BCUT2D eigenvalue weighted by Crippen LogP contribution is 2.31. The van der Waals surface area contributed by atoms with E-state index in [2.05, 4.69) is 9.72 Å². The van der Waals surface area contributed by atoms with Gasteiger partial charge in [-0.2, -0.15) is 0 Å². The molecule has 0 atom stereocenters. The Balaban J connectivity index is 1.75. The fourth-order valence-electron chi connectivity index (χ4n) is 2.49. The molecule has 0 aliphatic rings. The van der Waals surface area contributed by atoms with Gasteiger partial charge in [-0.25, -0.2) is 4.98 Å². The maximum absolute atomic E-state index is 12.6. The zero-order valence-electron chi connectivity index (χ0n) is 14.2. The van der Waals surface area contributed by atoms with Gasteiger partial charge >= 0.3 is 6.36 Å². The van der Waals surface area contributed by atoms with Gasteiger partial charge in [0.15, 0.2) is 0 Å². The van der Waals surface area contributed by atoms with Gasteiger partial charge < -0.3 is 15.2 Å². The molecule has 3 rings (SSSR count). The third kappa shape index (κ3) is 5.21. The van der Waals surface area contributed by atoms with Crippen LogP contribution in [0.3, 0.4) is 0 Å². The second-order valence-corrected chi connectivity index (χ2v) is 5.73. The van der Waals surface area contributed by atoms with E-state index >= 15 is 0 Å². The Labute approximate surface area is 154 Å². The molecule has 1 heterocycles.